The fraction of sp³-hybridized carbons (Fsp3) is 0. The Balaban J connectivity index is 1.50. The van der Waals surface area contributed by atoms with Crippen molar-refractivity contribution < 1.29 is 5.11 Å². The molecule has 0 saturated carbocycles. The zero-order valence-electron chi connectivity index (χ0n) is 16.1. The van der Waals surface area contributed by atoms with Gasteiger partial charge in [0.2, 0.25) is 5.88 Å². The summed E-state index contributed by atoms with van der Waals surface area (Å²) in [5.74, 6) is -0.00716. The number of pyridine rings is 1. The van der Waals surface area contributed by atoms with Crippen LogP contribution in [0, 0.1) is 0 Å². The highest BCUT2D eigenvalue weighted by Crippen LogP contribution is 2.35. The summed E-state index contributed by atoms with van der Waals surface area (Å²) in [7, 11) is 0. The van der Waals surface area contributed by atoms with Gasteiger partial charge in [0.15, 0.2) is 5.69 Å². The third-order valence-corrected chi connectivity index (χ3v) is 6.08. The number of benzene rings is 2. The van der Waals surface area contributed by atoms with Crippen LogP contribution < -0.4 is 10.7 Å². The van der Waals surface area contributed by atoms with Crippen LogP contribution in [0.2, 0.25) is 0 Å². The molecule has 0 amide bonds. The Morgan fingerprint density at radius 2 is 1.84 bits per heavy atom. The largest absolute Gasteiger partial charge is 0.493 e. The first-order valence-electron chi connectivity index (χ1n) is 9.72. The fourth-order valence-corrected chi connectivity index (χ4v) is 4.52. The standard InChI is InChI=1S/C24H15N5OS/c30-24-22(16-7-2-4-9-19(16)28-24)29-25-13-14-12-17-15-6-1-3-8-18(15)27-21(17)23(26-14)20-10-5-11-31-20/h1-13,28,30H. The topological polar surface area (TPSA) is 86.0 Å². The molecule has 5 aromatic rings. The molecule has 31 heavy (non-hydrogen) atoms. The normalized spacial score (nSPS) is 13.0. The average Bonchev–Trinajstić information content (AvgIpc) is 3.51. The molecular weight excluding hydrogens is 406 g/mol. The molecule has 0 bridgehead atoms. The molecule has 6 rings (SSSR count). The van der Waals surface area contributed by atoms with Crippen molar-refractivity contribution in [2.24, 2.45) is 15.2 Å². The predicted octanol–water partition coefficient (Wildman–Crippen LogP) is 5.45. The minimum atomic E-state index is -0.00716. The van der Waals surface area contributed by atoms with Crippen LogP contribution in [-0.4, -0.2) is 15.1 Å². The molecule has 0 fully saturated rings. The van der Waals surface area contributed by atoms with Crippen molar-refractivity contribution >= 4 is 39.8 Å². The quantitative estimate of drug-likeness (QED) is 0.372. The van der Waals surface area contributed by atoms with Gasteiger partial charge < -0.3 is 10.1 Å². The first-order valence-corrected chi connectivity index (χ1v) is 10.6. The Hall–Kier alpha value is -4.10. The van der Waals surface area contributed by atoms with Crippen LogP contribution in [0.5, 0.6) is 5.88 Å². The Labute approximate surface area is 180 Å². The summed E-state index contributed by atoms with van der Waals surface area (Å²) in [6, 6.07) is 21.7. The average molecular weight is 421 g/mol. The van der Waals surface area contributed by atoms with Gasteiger partial charge in [0.05, 0.1) is 33.0 Å². The van der Waals surface area contributed by atoms with Gasteiger partial charge in [-0.3, -0.25) is 0 Å². The van der Waals surface area contributed by atoms with Crippen molar-refractivity contribution in [1.82, 2.24) is 9.97 Å². The number of aromatic hydroxyl groups is 1. The number of thiophene rings is 1. The number of azo groups is 1. The summed E-state index contributed by atoms with van der Waals surface area (Å²) in [5.41, 5.74) is 5.11. The van der Waals surface area contributed by atoms with E-state index in [1.165, 1.54) is 0 Å². The second-order valence-electron chi connectivity index (χ2n) is 7.11. The Kier molecular flexibility index (Phi) is 4.00. The highest BCUT2D eigenvalue weighted by Gasteiger charge is 2.18. The van der Waals surface area contributed by atoms with E-state index in [0.717, 1.165) is 43.6 Å². The summed E-state index contributed by atoms with van der Waals surface area (Å²) < 4.78 is 0. The van der Waals surface area contributed by atoms with Crippen LogP contribution in [0.1, 0.15) is 0 Å². The minimum Gasteiger partial charge on any atom is -0.493 e. The zero-order chi connectivity index (χ0) is 20.8. The molecular formula is C24H15N5OS. The van der Waals surface area contributed by atoms with Crippen LogP contribution in [0.25, 0.3) is 38.8 Å². The predicted molar refractivity (Wildman–Crippen MR) is 122 cm³/mol. The van der Waals surface area contributed by atoms with Gasteiger partial charge in [-0.25, -0.2) is 9.98 Å². The molecule has 2 N–H and O–H groups in total. The third-order valence-electron chi connectivity index (χ3n) is 5.20. The van der Waals surface area contributed by atoms with Crippen molar-refractivity contribution in [3.8, 4) is 27.6 Å². The van der Waals surface area contributed by atoms with Crippen molar-refractivity contribution in [2.45, 2.75) is 0 Å². The lowest BCUT2D eigenvalue weighted by atomic mass is 10.1. The molecule has 6 nitrogen and oxygen atoms in total. The number of H-pyrrole nitrogens is 1. The van der Waals surface area contributed by atoms with Crippen LogP contribution in [-0.2, 0) is 0 Å². The van der Waals surface area contributed by atoms with Gasteiger partial charge in [0.1, 0.15) is 5.69 Å². The lowest BCUT2D eigenvalue weighted by Crippen LogP contribution is -2.18. The maximum Gasteiger partial charge on any atom is 0.218 e. The molecule has 0 atom stereocenters. The van der Waals surface area contributed by atoms with E-state index in [4.69, 9.17) is 9.98 Å². The molecule has 7 heteroatoms. The first kappa shape index (κ1) is 17.7. The van der Waals surface area contributed by atoms with E-state index in [0.29, 0.717) is 11.0 Å². The molecule has 0 radical (unpaired) electrons. The number of aromatic nitrogens is 2. The number of para-hydroxylation sites is 2. The molecule has 0 saturated heterocycles. The van der Waals surface area contributed by atoms with Gasteiger partial charge in [0, 0.05) is 16.5 Å². The summed E-state index contributed by atoms with van der Waals surface area (Å²) >= 11 is 1.63. The molecule has 2 aromatic carbocycles. The van der Waals surface area contributed by atoms with Gasteiger partial charge in [0.25, 0.3) is 0 Å². The first-order chi connectivity index (χ1) is 15.3. The lowest BCUT2D eigenvalue weighted by Gasteiger charge is -2.01. The number of aromatic amines is 1. The number of nitrogens with one attached hydrogen (secondary N) is 1. The van der Waals surface area contributed by atoms with Crippen LogP contribution in [0.4, 0.5) is 11.4 Å². The number of fused-ring (bicyclic) bond motifs is 4. The second-order valence-corrected chi connectivity index (χ2v) is 8.06. The van der Waals surface area contributed by atoms with Crippen molar-refractivity contribution in [3.05, 3.63) is 82.8 Å². The lowest BCUT2D eigenvalue weighted by molar-refractivity contribution is 0.459. The molecule has 0 aliphatic carbocycles. The Morgan fingerprint density at radius 3 is 2.74 bits per heavy atom. The Morgan fingerprint density at radius 1 is 0.968 bits per heavy atom. The number of hydrogen-bond donors (Lipinski definition) is 2. The molecule has 4 heterocycles. The van der Waals surface area contributed by atoms with Gasteiger partial charge >= 0.3 is 0 Å². The highest BCUT2D eigenvalue weighted by atomic mass is 32.1. The van der Waals surface area contributed by atoms with Crippen LogP contribution in [0.15, 0.2) is 87.3 Å². The summed E-state index contributed by atoms with van der Waals surface area (Å²) in [5, 5.41) is 23.1. The van der Waals surface area contributed by atoms with Crippen LogP contribution >= 0.6 is 11.3 Å². The van der Waals surface area contributed by atoms with E-state index < -0.39 is 0 Å². The zero-order valence-corrected chi connectivity index (χ0v) is 17.0. The minimum absolute atomic E-state index is 0.00716. The number of hydrogen-bond acceptors (Lipinski definition) is 6. The molecule has 3 aromatic heterocycles. The number of nitrogens with zero attached hydrogens (tertiary/aromatic N) is 4. The smallest absolute Gasteiger partial charge is 0.218 e. The van der Waals surface area contributed by atoms with Crippen LogP contribution in [0.3, 0.4) is 0 Å². The van der Waals surface area contributed by atoms with E-state index >= 15 is 0 Å². The van der Waals surface area contributed by atoms with Gasteiger partial charge in [-0.1, -0.05) is 42.5 Å². The molecule has 1 aliphatic heterocycles. The van der Waals surface area contributed by atoms with E-state index in [-0.39, 0.29) is 5.88 Å². The third kappa shape index (κ3) is 2.94. The monoisotopic (exact) mass is 421 g/mol. The summed E-state index contributed by atoms with van der Waals surface area (Å²) in [6.45, 7) is 0. The highest BCUT2D eigenvalue weighted by molar-refractivity contribution is 7.13. The van der Waals surface area contributed by atoms with E-state index in [9.17, 15) is 5.11 Å². The molecule has 0 unspecified atom stereocenters. The summed E-state index contributed by atoms with van der Waals surface area (Å²) in [6.07, 6.45) is 1.61. The number of rotatable bonds is 3. The van der Waals surface area contributed by atoms with Gasteiger partial charge in [-0.15, -0.1) is 16.5 Å². The molecule has 1 aliphatic rings. The van der Waals surface area contributed by atoms with E-state index in [1.807, 2.05) is 66.0 Å². The maximum absolute atomic E-state index is 10.2. The van der Waals surface area contributed by atoms with Crippen molar-refractivity contribution in [2.75, 3.05) is 0 Å². The molecule has 148 valence electrons. The fourth-order valence-electron chi connectivity index (χ4n) is 3.81. The van der Waals surface area contributed by atoms with Gasteiger partial charge in [-0.05, 0) is 29.6 Å². The van der Waals surface area contributed by atoms with Gasteiger partial charge in [-0.2, -0.15) is 5.11 Å². The van der Waals surface area contributed by atoms with Crippen molar-refractivity contribution in [1.29, 1.82) is 0 Å². The Bertz CT molecular complexity index is 1600. The molecule has 0 spiro atoms. The SMILES string of the molecule is Oc1[nH]c2ccccc2c1N=NC=c1cc2c(c(-c3cccs3)n1)=Nc1ccccc1-2. The van der Waals surface area contributed by atoms with Crippen molar-refractivity contribution in [3.63, 3.8) is 0 Å². The van der Waals surface area contributed by atoms with E-state index in [2.05, 4.69) is 21.3 Å². The summed E-state index contributed by atoms with van der Waals surface area (Å²) in [4.78, 5) is 13.6. The maximum atomic E-state index is 10.2. The van der Waals surface area contributed by atoms with E-state index in [1.54, 1.807) is 17.5 Å². The second kappa shape index (κ2) is 7.00.